The highest BCUT2D eigenvalue weighted by atomic mass is 16.3. The number of imidazole rings is 1. The molecule has 1 heterocycles. The van der Waals surface area contributed by atoms with Gasteiger partial charge in [0.05, 0.1) is 25.3 Å². The van der Waals surface area contributed by atoms with E-state index >= 15 is 0 Å². The van der Waals surface area contributed by atoms with Crippen molar-refractivity contribution in [1.82, 2.24) is 14.9 Å². The van der Waals surface area contributed by atoms with Crippen molar-refractivity contribution in [3.63, 3.8) is 0 Å². The molecule has 6 nitrogen and oxygen atoms in total. The lowest BCUT2D eigenvalue weighted by atomic mass is 9.71. The lowest BCUT2D eigenvalue weighted by molar-refractivity contribution is 0.175. The first-order valence-corrected chi connectivity index (χ1v) is 11.9. The molecule has 4 rings (SSSR count). The van der Waals surface area contributed by atoms with Gasteiger partial charge in [0.25, 0.3) is 0 Å². The highest BCUT2D eigenvalue weighted by Gasteiger charge is 2.29. The number of nitrogens with zero attached hydrogens (tertiary/aromatic N) is 3. The molecule has 0 bridgehead atoms. The molecule has 0 radical (unpaired) electrons. The van der Waals surface area contributed by atoms with Crippen molar-refractivity contribution in [3.8, 4) is 17.2 Å². The standard InChI is InChI=1S/C28H32N4O2/c1-20(34)28-31-14-15-32(28)27(19-33)11-4-21-2-5-23(6-3-21)24-7-9-25(10-8-24)26-16-22(17-26)18-30-13-12-29/h2-11,14-15,20,22,26-27,30,33-34H,13,16-19H2,1H3/b11-4+. The van der Waals surface area contributed by atoms with E-state index < -0.39 is 6.10 Å². The Hall–Kier alpha value is -3.24. The van der Waals surface area contributed by atoms with Gasteiger partial charge in [-0.25, -0.2) is 4.98 Å². The molecule has 2 aromatic carbocycles. The van der Waals surface area contributed by atoms with Gasteiger partial charge in [-0.15, -0.1) is 0 Å². The molecule has 1 aromatic heterocycles. The van der Waals surface area contributed by atoms with Gasteiger partial charge in [0.2, 0.25) is 0 Å². The molecule has 3 aromatic rings. The van der Waals surface area contributed by atoms with Gasteiger partial charge in [-0.3, -0.25) is 0 Å². The Bertz CT molecular complexity index is 1120. The molecule has 1 aliphatic carbocycles. The van der Waals surface area contributed by atoms with Crippen molar-refractivity contribution in [3.05, 3.63) is 84.0 Å². The molecule has 0 amide bonds. The number of hydrogen-bond acceptors (Lipinski definition) is 5. The predicted molar refractivity (Wildman–Crippen MR) is 134 cm³/mol. The van der Waals surface area contributed by atoms with Crippen LogP contribution in [0.3, 0.4) is 0 Å². The molecule has 1 aliphatic rings. The number of nitrogens with one attached hydrogen (secondary N) is 1. The molecule has 176 valence electrons. The van der Waals surface area contributed by atoms with Gasteiger partial charge in [0.1, 0.15) is 11.9 Å². The van der Waals surface area contributed by atoms with E-state index in [4.69, 9.17) is 5.26 Å². The number of aromatic nitrogens is 2. The molecule has 2 unspecified atom stereocenters. The Morgan fingerprint density at radius 3 is 2.44 bits per heavy atom. The molecule has 3 N–H and O–H groups in total. The van der Waals surface area contributed by atoms with Gasteiger partial charge in [-0.1, -0.05) is 60.7 Å². The van der Waals surface area contributed by atoms with Crippen molar-refractivity contribution in [1.29, 1.82) is 5.26 Å². The zero-order chi connectivity index (χ0) is 23.9. The number of hydrogen-bond donors (Lipinski definition) is 3. The molecule has 1 fully saturated rings. The molecule has 6 heteroatoms. The first-order valence-electron chi connectivity index (χ1n) is 11.9. The van der Waals surface area contributed by atoms with Crippen molar-refractivity contribution >= 4 is 6.08 Å². The van der Waals surface area contributed by atoms with E-state index in [-0.39, 0.29) is 12.6 Å². The van der Waals surface area contributed by atoms with E-state index in [0.29, 0.717) is 24.2 Å². The Morgan fingerprint density at radius 2 is 1.82 bits per heavy atom. The minimum absolute atomic E-state index is 0.0743. The van der Waals surface area contributed by atoms with Gasteiger partial charge in [-0.05, 0) is 60.4 Å². The Labute approximate surface area is 201 Å². The summed E-state index contributed by atoms with van der Waals surface area (Å²) in [4.78, 5) is 4.18. The summed E-state index contributed by atoms with van der Waals surface area (Å²) in [5.74, 6) is 1.84. The summed E-state index contributed by atoms with van der Waals surface area (Å²) < 4.78 is 1.80. The fourth-order valence-corrected chi connectivity index (χ4v) is 4.63. The van der Waals surface area contributed by atoms with E-state index in [1.165, 1.54) is 29.5 Å². The average Bonchev–Trinajstić information content (AvgIpc) is 3.32. The minimum atomic E-state index is -0.694. The second-order valence-electron chi connectivity index (χ2n) is 9.05. The van der Waals surface area contributed by atoms with Crippen LogP contribution in [-0.4, -0.2) is 39.5 Å². The third-order valence-corrected chi connectivity index (χ3v) is 6.63. The first-order chi connectivity index (χ1) is 16.6. The monoisotopic (exact) mass is 456 g/mol. The predicted octanol–water partition coefficient (Wildman–Crippen LogP) is 4.46. The largest absolute Gasteiger partial charge is 0.394 e. The van der Waals surface area contributed by atoms with Crippen molar-refractivity contribution in [2.75, 3.05) is 19.7 Å². The number of rotatable bonds is 10. The second kappa shape index (κ2) is 11.3. The van der Waals surface area contributed by atoms with E-state index in [9.17, 15) is 10.2 Å². The number of benzene rings is 2. The van der Waals surface area contributed by atoms with Crippen LogP contribution in [0.2, 0.25) is 0 Å². The van der Waals surface area contributed by atoms with Crippen LogP contribution in [0, 0.1) is 17.2 Å². The fourth-order valence-electron chi connectivity index (χ4n) is 4.63. The highest BCUT2D eigenvalue weighted by molar-refractivity contribution is 5.66. The highest BCUT2D eigenvalue weighted by Crippen LogP contribution is 2.41. The Balaban J connectivity index is 1.35. The van der Waals surface area contributed by atoms with E-state index in [1.807, 2.05) is 12.2 Å². The zero-order valence-electron chi connectivity index (χ0n) is 19.5. The Morgan fingerprint density at radius 1 is 1.15 bits per heavy atom. The third-order valence-electron chi connectivity index (χ3n) is 6.63. The third kappa shape index (κ3) is 5.63. The zero-order valence-corrected chi connectivity index (χ0v) is 19.5. The molecule has 2 atom stereocenters. The van der Waals surface area contributed by atoms with E-state index in [1.54, 1.807) is 23.9 Å². The molecule has 1 saturated carbocycles. The maximum absolute atomic E-state index is 9.88. The maximum atomic E-state index is 9.88. The van der Waals surface area contributed by atoms with Crippen LogP contribution in [0.5, 0.6) is 0 Å². The van der Waals surface area contributed by atoms with Crippen LogP contribution >= 0.6 is 0 Å². The van der Waals surface area contributed by atoms with Crippen LogP contribution in [0.25, 0.3) is 17.2 Å². The van der Waals surface area contributed by atoms with Crippen molar-refractivity contribution < 1.29 is 10.2 Å². The van der Waals surface area contributed by atoms with E-state index in [2.05, 4.69) is 64.9 Å². The number of aliphatic hydroxyl groups excluding tert-OH is 2. The van der Waals surface area contributed by atoms with Crippen molar-refractivity contribution in [2.45, 2.75) is 37.8 Å². The number of aliphatic hydroxyl groups is 2. The normalized spacial score (nSPS) is 19.5. The molecule has 0 spiro atoms. The van der Waals surface area contributed by atoms with Gasteiger partial charge < -0.3 is 20.1 Å². The van der Waals surface area contributed by atoms with Gasteiger partial charge in [0.15, 0.2) is 0 Å². The SMILES string of the molecule is CC(O)c1nccn1C(/C=C/c1ccc(-c2ccc(C3CC(CNCC#N)C3)cc2)cc1)CO. The lowest BCUT2D eigenvalue weighted by Crippen LogP contribution is -2.32. The summed E-state index contributed by atoms with van der Waals surface area (Å²) in [6.45, 7) is 2.96. The minimum Gasteiger partial charge on any atom is -0.394 e. The maximum Gasteiger partial charge on any atom is 0.137 e. The van der Waals surface area contributed by atoms with Gasteiger partial charge in [0, 0.05) is 12.4 Å². The van der Waals surface area contributed by atoms with Crippen LogP contribution in [0.1, 0.15) is 54.8 Å². The van der Waals surface area contributed by atoms with Crippen LogP contribution in [-0.2, 0) is 0 Å². The quantitative estimate of drug-likeness (QED) is 0.309. The molecular weight excluding hydrogens is 424 g/mol. The summed E-state index contributed by atoms with van der Waals surface area (Å²) >= 11 is 0. The van der Waals surface area contributed by atoms with Crippen LogP contribution in [0.4, 0.5) is 0 Å². The van der Waals surface area contributed by atoms with E-state index in [0.717, 1.165) is 12.1 Å². The Kier molecular flexibility index (Phi) is 7.91. The second-order valence-corrected chi connectivity index (χ2v) is 9.05. The van der Waals surface area contributed by atoms with Gasteiger partial charge in [-0.2, -0.15) is 5.26 Å². The average molecular weight is 457 g/mol. The summed E-state index contributed by atoms with van der Waals surface area (Å²) in [7, 11) is 0. The molecule has 0 aliphatic heterocycles. The molecule has 0 saturated heterocycles. The smallest absolute Gasteiger partial charge is 0.137 e. The number of nitriles is 1. The van der Waals surface area contributed by atoms with Gasteiger partial charge >= 0.3 is 0 Å². The summed E-state index contributed by atoms with van der Waals surface area (Å²) in [5, 5.41) is 31.5. The lowest BCUT2D eigenvalue weighted by Gasteiger charge is -2.35. The van der Waals surface area contributed by atoms with Crippen molar-refractivity contribution in [2.24, 2.45) is 5.92 Å². The van der Waals surface area contributed by atoms with Crippen LogP contribution < -0.4 is 5.32 Å². The summed E-state index contributed by atoms with van der Waals surface area (Å²) in [6, 6.07) is 19.1. The summed E-state index contributed by atoms with van der Waals surface area (Å²) in [5.41, 5.74) is 4.80. The van der Waals surface area contributed by atoms with Crippen LogP contribution in [0.15, 0.2) is 67.0 Å². The topological polar surface area (TPSA) is 94.1 Å². The molecule has 34 heavy (non-hydrogen) atoms. The fraction of sp³-hybridized carbons (Fsp3) is 0.357. The molecular formula is C28H32N4O2. The first kappa shape index (κ1) is 23.9. The summed E-state index contributed by atoms with van der Waals surface area (Å²) in [6.07, 6.45) is 9.00.